The summed E-state index contributed by atoms with van der Waals surface area (Å²) in [5.74, 6) is -2.96. The van der Waals surface area contributed by atoms with Crippen molar-refractivity contribution < 1.29 is 32.3 Å². The maximum Gasteiger partial charge on any atom is 0.360 e. The minimum Gasteiger partial charge on any atom is -0.463 e. The summed E-state index contributed by atoms with van der Waals surface area (Å²) in [5.41, 5.74) is 0.978. The molecule has 42 heavy (non-hydrogen) atoms. The van der Waals surface area contributed by atoms with Crippen molar-refractivity contribution in [2.45, 2.75) is 39.7 Å². The fourth-order valence-corrected chi connectivity index (χ4v) is 5.86. The molecule has 1 aromatic carbocycles. The number of allylic oxidation sites excluding steroid dienone is 1. The second kappa shape index (κ2) is 12.6. The van der Waals surface area contributed by atoms with Gasteiger partial charge >= 0.3 is 11.9 Å². The summed E-state index contributed by atoms with van der Waals surface area (Å²) in [7, 11) is 0. The molecule has 2 aliphatic rings. The molecule has 0 aliphatic carbocycles. The highest BCUT2D eigenvalue weighted by molar-refractivity contribution is 7.11. The van der Waals surface area contributed by atoms with Crippen molar-refractivity contribution in [2.75, 3.05) is 31.2 Å². The molecule has 4 heterocycles. The van der Waals surface area contributed by atoms with Crippen LogP contribution < -0.4 is 10.2 Å². The van der Waals surface area contributed by atoms with Crippen LogP contribution in [0.4, 0.5) is 14.8 Å². The van der Waals surface area contributed by atoms with Gasteiger partial charge in [-0.25, -0.2) is 23.4 Å². The number of esters is 2. The molecule has 5 rings (SSSR count). The number of hydrogen-bond acceptors (Lipinski definition) is 11. The van der Waals surface area contributed by atoms with E-state index in [-0.39, 0.29) is 36.0 Å². The highest BCUT2D eigenvalue weighted by Gasteiger charge is 2.38. The first kappa shape index (κ1) is 29.6. The zero-order chi connectivity index (χ0) is 30.0. The van der Waals surface area contributed by atoms with Crippen LogP contribution in [0.2, 0.25) is 5.02 Å². The van der Waals surface area contributed by atoms with Gasteiger partial charge in [0.15, 0.2) is 28.2 Å². The standard InChI is InChI=1S/C28H28ClF2N5O5S/c1-4-39-26(37)18-22(15-8-11-36(12-9-15)28-35-21(14(3)41-28)27(38)40-5-2)33-24(25-32-10-13-42-25)34-23(18)16-6-7-17(30)20(31)19(16)29/h6-7,10,13,15,23H,4-5,8-9,11-12H2,1-3H3,(H,33,34). The fourth-order valence-electron chi connectivity index (χ4n) is 5.01. The molecular formula is C28H28ClF2N5O5S. The average Bonchev–Trinajstić information content (AvgIpc) is 3.66. The lowest BCUT2D eigenvalue weighted by Crippen LogP contribution is -2.41. The Hall–Kier alpha value is -3.84. The summed E-state index contributed by atoms with van der Waals surface area (Å²) in [6, 6.07) is 1.52. The third-order valence-electron chi connectivity index (χ3n) is 6.99. The molecule has 1 unspecified atom stereocenters. The van der Waals surface area contributed by atoms with Crippen molar-refractivity contribution in [3.05, 3.63) is 73.7 Å². The van der Waals surface area contributed by atoms with Gasteiger partial charge < -0.3 is 24.1 Å². The van der Waals surface area contributed by atoms with Gasteiger partial charge in [-0.2, -0.15) is 4.98 Å². The molecule has 3 aromatic rings. The highest BCUT2D eigenvalue weighted by Crippen LogP contribution is 2.41. The van der Waals surface area contributed by atoms with Gasteiger partial charge in [0.2, 0.25) is 0 Å². The van der Waals surface area contributed by atoms with E-state index >= 15 is 0 Å². The number of aryl methyl sites for hydroxylation is 1. The molecule has 1 atom stereocenters. The van der Waals surface area contributed by atoms with Crippen LogP contribution in [0, 0.1) is 24.5 Å². The Morgan fingerprint density at radius 1 is 1.17 bits per heavy atom. The van der Waals surface area contributed by atoms with Crippen LogP contribution in [0.25, 0.3) is 0 Å². The topological polar surface area (TPSA) is 119 Å². The molecule has 0 amide bonds. The number of anilines is 1. The van der Waals surface area contributed by atoms with E-state index in [4.69, 9.17) is 30.5 Å². The molecule has 222 valence electrons. The summed E-state index contributed by atoms with van der Waals surface area (Å²) >= 11 is 7.61. The predicted molar refractivity (Wildman–Crippen MR) is 152 cm³/mol. The van der Waals surface area contributed by atoms with Crippen LogP contribution in [0.15, 0.2) is 44.4 Å². The van der Waals surface area contributed by atoms with Crippen molar-refractivity contribution >= 4 is 46.7 Å². The zero-order valence-electron chi connectivity index (χ0n) is 23.1. The Morgan fingerprint density at radius 3 is 2.55 bits per heavy atom. The van der Waals surface area contributed by atoms with Crippen molar-refractivity contribution in [1.29, 1.82) is 0 Å². The first-order chi connectivity index (χ1) is 20.2. The smallest absolute Gasteiger partial charge is 0.360 e. The average molecular weight is 620 g/mol. The molecule has 0 saturated carbocycles. The van der Waals surface area contributed by atoms with Gasteiger partial charge in [0, 0.05) is 41.8 Å². The maximum atomic E-state index is 14.6. The highest BCUT2D eigenvalue weighted by atomic mass is 35.5. The number of carbonyl (C=O) groups excluding carboxylic acids is 2. The first-order valence-corrected chi connectivity index (χ1v) is 14.7. The Bertz CT molecular complexity index is 1550. The summed E-state index contributed by atoms with van der Waals surface area (Å²) in [6.07, 6.45) is 2.74. The Morgan fingerprint density at radius 2 is 1.88 bits per heavy atom. The normalized spacial score (nSPS) is 17.6. The number of aliphatic imine (C=N–C) groups is 1. The second-order valence-electron chi connectivity index (χ2n) is 9.54. The van der Waals surface area contributed by atoms with E-state index in [0.29, 0.717) is 54.2 Å². The van der Waals surface area contributed by atoms with E-state index in [1.807, 2.05) is 4.90 Å². The van der Waals surface area contributed by atoms with E-state index in [1.165, 1.54) is 17.4 Å². The number of thiazole rings is 1. The van der Waals surface area contributed by atoms with Gasteiger partial charge in [-0.3, -0.25) is 4.99 Å². The number of amidine groups is 1. The number of piperidine rings is 1. The molecule has 1 saturated heterocycles. The van der Waals surface area contributed by atoms with Crippen LogP contribution >= 0.6 is 22.9 Å². The quantitative estimate of drug-likeness (QED) is 0.262. The van der Waals surface area contributed by atoms with Gasteiger partial charge in [0.05, 0.1) is 23.8 Å². The zero-order valence-corrected chi connectivity index (χ0v) is 24.7. The lowest BCUT2D eigenvalue weighted by Gasteiger charge is -2.36. The van der Waals surface area contributed by atoms with Crippen LogP contribution in [0.3, 0.4) is 0 Å². The molecule has 0 radical (unpaired) electrons. The largest absolute Gasteiger partial charge is 0.463 e. The van der Waals surface area contributed by atoms with E-state index in [2.05, 4.69) is 15.3 Å². The number of ether oxygens (including phenoxy) is 2. The van der Waals surface area contributed by atoms with Crippen molar-refractivity contribution in [3.8, 4) is 0 Å². The molecule has 10 nitrogen and oxygen atoms in total. The summed E-state index contributed by atoms with van der Waals surface area (Å²) in [4.78, 5) is 41.0. The summed E-state index contributed by atoms with van der Waals surface area (Å²) < 4.78 is 44.9. The van der Waals surface area contributed by atoms with Crippen LogP contribution in [0.1, 0.15) is 59.6 Å². The van der Waals surface area contributed by atoms with E-state index in [9.17, 15) is 18.4 Å². The van der Waals surface area contributed by atoms with Gasteiger partial charge in [-0.15, -0.1) is 11.3 Å². The number of aromatic nitrogens is 2. The lowest BCUT2D eigenvalue weighted by atomic mass is 9.85. The number of nitrogens with one attached hydrogen (secondary N) is 1. The molecule has 14 heteroatoms. The maximum absolute atomic E-state index is 14.6. The number of nitrogens with zero attached hydrogens (tertiary/aromatic N) is 4. The first-order valence-electron chi connectivity index (χ1n) is 13.4. The van der Waals surface area contributed by atoms with Crippen molar-refractivity contribution in [1.82, 2.24) is 15.3 Å². The minimum atomic E-state index is -1.22. The number of oxazole rings is 1. The number of halogens is 3. The fraction of sp³-hybridized carbons (Fsp3) is 0.393. The molecule has 0 bridgehead atoms. The number of carbonyl (C=O) groups is 2. The van der Waals surface area contributed by atoms with Gasteiger partial charge in [0.25, 0.3) is 6.01 Å². The Labute approximate surface area is 249 Å². The van der Waals surface area contributed by atoms with Gasteiger partial charge in [-0.1, -0.05) is 17.7 Å². The van der Waals surface area contributed by atoms with E-state index < -0.39 is 34.6 Å². The third-order valence-corrected chi connectivity index (χ3v) is 8.16. The summed E-state index contributed by atoms with van der Waals surface area (Å²) in [6.45, 7) is 6.36. The Balaban J connectivity index is 1.50. The molecule has 1 N–H and O–H groups in total. The van der Waals surface area contributed by atoms with Gasteiger partial charge in [0.1, 0.15) is 11.8 Å². The van der Waals surface area contributed by atoms with Gasteiger partial charge in [-0.05, 0) is 39.7 Å². The Kier molecular flexibility index (Phi) is 8.88. The molecular weight excluding hydrogens is 592 g/mol. The summed E-state index contributed by atoms with van der Waals surface area (Å²) in [5, 5.41) is 5.18. The monoisotopic (exact) mass is 619 g/mol. The third kappa shape index (κ3) is 5.75. The lowest BCUT2D eigenvalue weighted by molar-refractivity contribution is -0.139. The molecule has 2 aliphatic heterocycles. The molecule has 2 aromatic heterocycles. The van der Waals surface area contributed by atoms with Crippen LogP contribution in [-0.4, -0.2) is 54.0 Å². The van der Waals surface area contributed by atoms with E-state index in [0.717, 1.165) is 6.07 Å². The second-order valence-corrected chi connectivity index (χ2v) is 10.8. The minimum absolute atomic E-state index is 0.0989. The number of hydrogen-bond donors (Lipinski definition) is 1. The number of benzene rings is 1. The molecule has 0 spiro atoms. The van der Waals surface area contributed by atoms with Crippen molar-refractivity contribution in [3.63, 3.8) is 0 Å². The SMILES string of the molecule is CCOC(=O)C1=C(C2CCN(c3nc(C(=O)OCC)c(C)o3)CC2)NC(c2nccs2)=NC1c1ccc(F)c(F)c1Cl. The van der Waals surface area contributed by atoms with Crippen LogP contribution in [-0.2, 0) is 14.3 Å². The predicted octanol–water partition coefficient (Wildman–Crippen LogP) is 5.37. The van der Waals surface area contributed by atoms with Crippen molar-refractivity contribution in [2.24, 2.45) is 10.9 Å². The number of rotatable bonds is 8. The molecule has 1 fully saturated rings. The van der Waals surface area contributed by atoms with E-state index in [1.54, 1.807) is 32.3 Å². The van der Waals surface area contributed by atoms with Crippen LogP contribution in [0.5, 0.6) is 0 Å².